The van der Waals surface area contributed by atoms with Gasteiger partial charge in [-0.05, 0) is 56.0 Å². The van der Waals surface area contributed by atoms with Crippen LogP contribution in [0.15, 0.2) is 36.5 Å². The Kier molecular flexibility index (Phi) is 7.59. The average Bonchev–Trinajstić information content (AvgIpc) is 3.12. The summed E-state index contributed by atoms with van der Waals surface area (Å²) < 4.78 is 91.0. The Labute approximate surface area is 209 Å². The highest BCUT2D eigenvalue weighted by atomic mass is 19.4. The van der Waals surface area contributed by atoms with E-state index in [1.807, 2.05) is 6.92 Å². The zero-order valence-corrected chi connectivity index (χ0v) is 20.2. The van der Waals surface area contributed by atoms with Gasteiger partial charge in [0.1, 0.15) is 11.9 Å². The van der Waals surface area contributed by atoms with Gasteiger partial charge < -0.3 is 14.8 Å². The van der Waals surface area contributed by atoms with Crippen LogP contribution < -0.4 is 5.32 Å². The fourth-order valence-electron chi connectivity index (χ4n) is 4.67. The maximum absolute atomic E-state index is 13.3. The number of ether oxygens (including phenoxy) is 2. The SMILES string of the molecule is CCC1CC(Nc2ncccc2CN2C(=O)O[C@H](c3cc(C(F)(F)F)cc(C(F)(F)F)c3)[C@@H]2C)CCO1. The number of nitrogens with zero attached hydrogens (tertiary/aromatic N) is 2. The van der Waals surface area contributed by atoms with Crippen LogP contribution in [0.1, 0.15) is 61.5 Å². The van der Waals surface area contributed by atoms with Gasteiger partial charge in [-0.15, -0.1) is 0 Å². The van der Waals surface area contributed by atoms with E-state index in [9.17, 15) is 31.1 Å². The molecule has 0 radical (unpaired) electrons. The highest BCUT2D eigenvalue weighted by molar-refractivity contribution is 5.71. The number of hydrogen-bond acceptors (Lipinski definition) is 5. The van der Waals surface area contributed by atoms with E-state index in [1.54, 1.807) is 18.3 Å². The zero-order chi connectivity index (χ0) is 27.0. The van der Waals surface area contributed by atoms with E-state index in [-0.39, 0.29) is 30.3 Å². The van der Waals surface area contributed by atoms with Crippen molar-refractivity contribution in [2.24, 2.45) is 0 Å². The van der Waals surface area contributed by atoms with Crippen molar-refractivity contribution in [2.45, 2.75) is 76.3 Å². The minimum atomic E-state index is -5.00. The Morgan fingerprint density at radius 1 is 1.11 bits per heavy atom. The number of halogens is 6. The van der Waals surface area contributed by atoms with Crippen LogP contribution in [-0.4, -0.2) is 40.8 Å². The summed E-state index contributed by atoms with van der Waals surface area (Å²) in [6.07, 6.45) is -8.00. The molecule has 4 atom stereocenters. The lowest BCUT2D eigenvalue weighted by molar-refractivity contribution is -0.143. The number of amides is 1. The fourth-order valence-corrected chi connectivity index (χ4v) is 4.67. The summed E-state index contributed by atoms with van der Waals surface area (Å²) >= 11 is 0. The largest absolute Gasteiger partial charge is 0.439 e. The molecule has 2 aliphatic heterocycles. The Bertz CT molecular complexity index is 1090. The van der Waals surface area contributed by atoms with E-state index in [4.69, 9.17) is 9.47 Å². The Hall–Kier alpha value is -3.02. The minimum absolute atomic E-state index is 0.0121. The average molecular weight is 531 g/mol. The van der Waals surface area contributed by atoms with Crippen molar-refractivity contribution < 1.29 is 40.6 Å². The lowest BCUT2D eigenvalue weighted by atomic mass is 9.97. The molecule has 4 rings (SSSR count). The number of alkyl halides is 6. The van der Waals surface area contributed by atoms with Gasteiger partial charge >= 0.3 is 18.4 Å². The van der Waals surface area contributed by atoms with E-state index in [1.165, 1.54) is 11.8 Å². The lowest BCUT2D eigenvalue weighted by Gasteiger charge is -2.30. The summed E-state index contributed by atoms with van der Waals surface area (Å²) in [4.78, 5) is 18.4. The molecule has 2 aromatic rings. The number of benzene rings is 1. The van der Waals surface area contributed by atoms with Gasteiger partial charge in [-0.1, -0.05) is 13.0 Å². The van der Waals surface area contributed by atoms with E-state index in [2.05, 4.69) is 10.3 Å². The third-order valence-electron chi connectivity index (χ3n) is 6.73. The van der Waals surface area contributed by atoms with Crippen molar-refractivity contribution in [2.75, 3.05) is 11.9 Å². The van der Waals surface area contributed by atoms with E-state index in [0.29, 0.717) is 30.1 Å². The molecule has 12 heteroatoms. The van der Waals surface area contributed by atoms with Crippen LogP contribution in [0.5, 0.6) is 0 Å². The maximum atomic E-state index is 13.3. The van der Waals surface area contributed by atoms with Gasteiger partial charge in [-0.3, -0.25) is 4.90 Å². The molecule has 2 aliphatic rings. The van der Waals surface area contributed by atoms with Crippen LogP contribution in [0.25, 0.3) is 0 Å². The van der Waals surface area contributed by atoms with Gasteiger partial charge in [-0.2, -0.15) is 26.3 Å². The first-order valence-electron chi connectivity index (χ1n) is 12.0. The molecule has 2 unspecified atom stereocenters. The molecule has 0 saturated carbocycles. The van der Waals surface area contributed by atoms with Gasteiger partial charge in [0.2, 0.25) is 0 Å². The molecule has 0 bridgehead atoms. The molecule has 37 heavy (non-hydrogen) atoms. The van der Waals surface area contributed by atoms with Crippen LogP contribution in [0, 0.1) is 0 Å². The second kappa shape index (κ2) is 10.4. The van der Waals surface area contributed by atoms with Gasteiger partial charge in [-0.25, -0.2) is 9.78 Å². The molecule has 2 saturated heterocycles. The highest BCUT2D eigenvalue weighted by Gasteiger charge is 2.43. The number of nitrogens with one attached hydrogen (secondary N) is 1. The van der Waals surface area contributed by atoms with Crippen LogP contribution in [0.4, 0.5) is 37.0 Å². The Morgan fingerprint density at radius 3 is 2.41 bits per heavy atom. The van der Waals surface area contributed by atoms with Crippen molar-refractivity contribution in [1.82, 2.24) is 9.88 Å². The number of aromatic nitrogens is 1. The molecule has 0 aliphatic carbocycles. The van der Waals surface area contributed by atoms with Crippen molar-refractivity contribution in [3.63, 3.8) is 0 Å². The minimum Gasteiger partial charge on any atom is -0.439 e. The lowest BCUT2D eigenvalue weighted by Crippen LogP contribution is -2.35. The van der Waals surface area contributed by atoms with Crippen molar-refractivity contribution >= 4 is 11.9 Å². The van der Waals surface area contributed by atoms with Gasteiger partial charge in [0.15, 0.2) is 0 Å². The quantitative estimate of drug-likeness (QED) is 0.427. The highest BCUT2D eigenvalue weighted by Crippen LogP contribution is 2.41. The predicted molar refractivity (Wildman–Crippen MR) is 122 cm³/mol. The fraction of sp³-hybridized carbons (Fsp3) is 0.520. The predicted octanol–water partition coefficient (Wildman–Crippen LogP) is 6.57. The molecular formula is C25H27F6N3O3. The first-order chi connectivity index (χ1) is 17.4. The second-order valence-electron chi connectivity index (χ2n) is 9.29. The molecule has 0 spiro atoms. The zero-order valence-electron chi connectivity index (χ0n) is 20.2. The molecule has 3 heterocycles. The van der Waals surface area contributed by atoms with Crippen molar-refractivity contribution in [3.05, 3.63) is 58.8 Å². The van der Waals surface area contributed by atoms with Crippen molar-refractivity contribution in [3.8, 4) is 0 Å². The van der Waals surface area contributed by atoms with Gasteiger partial charge in [0, 0.05) is 24.4 Å². The van der Waals surface area contributed by atoms with Crippen LogP contribution in [0.2, 0.25) is 0 Å². The first-order valence-corrected chi connectivity index (χ1v) is 12.0. The topological polar surface area (TPSA) is 63.7 Å². The summed E-state index contributed by atoms with van der Waals surface area (Å²) in [7, 11) is 0. The second-order valence-corrected chi connectivity index (χ2v) is 9.29. The number of rotatable bonds is 6. The van der Waals surface area contributed by atoms with Crippen molar-refractivity contribution in [1.29, 1.82) is 0 Å². The third kappa shape index (κ3) is 6.11. The maximum Gasteiger partial charge on any atom is 0.416 e. The number of carbonyl (C=O) groups is 1. The number of cyclic esters (lactones) is 1. The number of hydrogen-bond donors (Lipinski definition) is 1. The summed E-state index contributed by atoms with van der Waals surface area (Å²) in [5.41, 5.74) is -2.64. The van der Waals surface area contributed by atoms with Crippen LogP contribution in [-0.2, 0) is 28.4 Å². The summed E-state index contributed by atoms with van der Waals surface area (Å²) in [6.45, 7) is 4.18. The first kappa shape index (κ1) is 27.0. The molecule has 202 valence electrons. The van der Waals surface area contributed by atoms with Crippen LogP contribution >= 0.6 is 0 Å². The van der Waals surface area contributed by atoms with Gasteiger partial charge in [0.05, 0.1) is 29.8 Å². The van der Waals surface area contributed by atoms with Gasteiger partial charge in [0.25, 0.3) is 0 Å². The molecule has 1 aromatic heterocycles. The van der Waals surface area contributed by atoms with Crippen LogP contribution in [0.3, 0.4) is 0 Å². The Balaban J connectivity index is 1.56. The summed E-state index contributed by atoms with van der Waals surface area (Å²) in [5, 5.41) is 3.39. The summed E-state index contributed by atoms with van der Waals surface area (Å²) in [6, 6.07) is 3.96. The van der Waals surface area contributed by atoms with E-state index in [0.717, 1.165) is 19.3 Å². The Morgan fingerprint density at radius 2 is 1.78 bits per heavy atom. The standard InChI is InChI=1S/C25H27F6N3O3/c1-3-20-12-19(6-8-36-20)33-22-15(5-4-7-32-22)13-34-14(2)21(37-23(34)35)16-9-17(24(26,27)28)11-18(10-16)25(29,30)31/h4-5,7,9-11,14,19-21H,3,6,8,12-13H2,1-2H3,(H,32,33)/t14-,19?,20?,21-/m0/s1. The summed E-state index contributed by atoms with van der Waals surface area (Å²) in [5.74, 6) is 0.547. The monoisotopic (exact) mass is 531 g/mol. The molecule has 6 nitrogen and oxygen atoms in total. The smallest absolute Gasteiger partial charge is 0.416 e. The molecular weight excluding hydrogens is 504 g/mol. The van der Waals surface area contributed by atoms with E-state index >= 15 is 0 Å². The molecule has 1 aromatic carbocycles. The third-order valence-corrected chi connectivity index (χ3v) is 6.73. The number of carbonyl (C=O) groups excluding carboxylic acids is 1. The molecule has 2 fully saturated rings. The molecule has 1 N–H and O–H groups in total. The molecule has 1 amide bonds. The van der Waals surface area contributed by atoms with E-state index < -0.39 is 41.7 Å². The number of pyridine rings is 1. The number of anilines is 1. The normalized spacial score (nSPS) is 24.8.